The lowest BCUT2D eigenvalue weighted by atomic mass is 9.98. The van der Waals surface area contributed by atoms with E-state index in [9.17, 15) is 5.11 Å². The fourth-order valence-corrected chi connectivity index (χ4v) is 1.70. The number of nitrogens with zero attached hydrogens (tertiary/aromatic N) is 2. The predicted octanol–water partition coefficient (Wildman–Crippen LogP) is 2.24. The van der Waals surface area contributed by atoms with Gasteiger partial charge in [0.15, 0.2) is 5.82 Å². The summed E-state index contributed by atoms with van der Waals surface area (Å²) in [4.78, 5) is 8.29. The summed E-state index contributed by atoms with van der Waals surface area (Å²) < 4.78 is 4.96. The largest absolute Gasteiger partial charge is 0.388 e. The summed E-state index contributed by atoms with van der Waals surface area (Å²) >= 11 is 5.89. The number of aromatic nitrogens is 2. The number of hydrogen-bond acceptors (Lipinski definition) is 5. The molecule has 0 amide bonds. The second-order valence-corrected chi connectivity index (χ2v) is 4.60. The molecule has 1 heterocycles. The van der Waals surface area contributed by atoms with E-state index in [4.69, 9.17) is 16.3 Å². The molecule has 0 fully saturated rings. The minimum absolute atomic E-state index is 0.307. The summed E-state index contributed by atoms with van der Waals surface area (Å²) in [6, 6.07) is 1.63. The van der Waals surface area contributed by atoms with Gasteiger partial charge in [-0.05, 0) is 12.8 Å². The molecule has 5 nitrogen and oxygen atoms in total. The Morgan fingerprint density at radius 2 is 2.06 bits per heavy atom. The number of halogens is 1. The van der Waals surface area contributed by atoms with E-state index in [1.54, 1.807) is 13.2 Å². The molecule has 0 saturated heterocycles. The molecule has 1 rings (SSSR count). The molecule has 6 heteroatoms. The van der Waals surface area contributed by atoms with Crippen LogP contribution in [0.25, 0.3) is 0 Å². The van der Waals surface area contributed by atoms with Gasteiger partial charge in [-0.15, -0.1) is 0 Å². The van der Waals surface area contributed by atoms with Gasteiger partial charge in [-0.25, -0.2) is 9.97 Å². The molecular formula is C12H20ClN3O2. The molecular weight excluding hydrogens is 254 g/mol. The molecule has 18 heavy (non-hydrogen) atoms. The first-order valence-corrected chi connectivity index (χ1v) is 6.39. The van der Waals surface area contributed by atoms with E-state index >= 15 is 0 Å². The number of ether oxygens (including phenoxy) is 1. The van der Waals surface area contributed by atoms with E-state index in [1.807, 2.05) is 13.8 Å². The fourth-order valence-electron chi connectivity index (χ4n) is 1.50. The molecule has 0 radical (unpaired) electrons. The van der Waals surface area contributed by atoms with Crippen molar-refractivity contribution < 1.29 is 9.84 Å². The van der Waals surface area contributed by atoms with Crippen LogP contribution in [0.2, 0.25) is 5.15 Å². The van der Waals surface area contributed by atoms with Gasteiger partial charge < -0.3 is 15.2 Å². The molecule has 0 aliphatic carbocycles. The zero-order chi connectivity index (χ0) is 13.6. The molecule has 0 aromatic carbocycles. The first-order valence-electron chi connectivity index (χ1n) is 6.01. The quantitative estimate of drug-likeness (QED) is 0.746. The van der Waals surface area contributed by atoms with Crippen molar-refractivity contribution >= 4 is 17.4 Å². The average molecular weight is 274 g/mol. The van der Waals surface area contributed by atoms with Crippen molar-refractivity contribution in [3.8, 4) is 0 Å². The van der Waals surface area contributed by atoms with Crippen molar-refractivity contribution in [1.29, 1.82) is 0 Å². The van der Waals surface area contributed by atoms with Crippen molar-refractivity contribution in [2.45, 2.75) is 38.9 Å². The Balaban J connectivity index is 2.72. The summed E-state index contributed by atoms with van der Waals surface area (Å²) in [7, 11) is 1.57. The molecule has 0 unspecified atom stereocenters. The fraction of sp³-hybridized carbons (Fsp3) is 0.667. The van der Waals surface area contributed by atoms with E-state index in [-0.39, 0.29) is 0 Å². The maximum absolute atomic E-state index is 10.2. The third-order valence-electron chi connectivity index (χ3n) is 2.93. The van der Waals surface area contributed by atoms with Crippen LogP contribution in [0, 0.1) is 0 Å². The smallest absolute Gasteiger partial charge is 0.158 e. The van der Waals surface area contributed by atoms with Crippen LogP contribution in [-0.2, 0) is 11.3 Å². The second kappa shape index (κ2) is 6.87. The van der Waals surface area contributed by atoms with Crippen LogP contribution in [0.3, 0.4) is 0 Å². The van der Waals surface area contributed by atoms with Gasteiger partial charge in [0.25, 0.3) is 0 Å². The number of aliphatic hydroxyl groups is 1. The van der Waals surface area contributed by atoms with Crippen LogP contribution in [0.5, 0.6) is 0 Å². The molecule has 1 aromatic heterocycles. The normalized spacial score (nSPS) is 11.6. The number of hydrogen-bond donors (Lipinski definition) is 2. The first-order chi connectivity index (χ1) is 8.53. The topological polar surface area (TPSA) is 67.3 Å². The van der Waals surface area contributed by atoms with Crippen LogP contribution in [0.1, 0.15) is 32.5 Å². The highest BCUT2D eigenvalue weighted by molar-refractivity contribution is 6.29. The lowest BCUT2D eigenvalue weighted by Gasteiger charge is -2.25. The third-order valence-corrected chi connectivity index (χ3v) is 3.12. The summed E-state index contributed by atoms with van der Waals surface area (Å²) in [6.45, 7) is 4.64. The Bertz CT molecular complexity index is 384. The zero-order valence-electron chi connectivity index (χ0n) is 11.0. The highest BCUT2D eigenvalue weighted by Gasteiger charge is 2.21. The molecule has 1 aromatic rings. The standard InChI is InChI=1S/C12H20ClN3O2/c1-4-12(17,5-2)8-14-10-6-9(13)15-11(16-10)7-18-3/h6,17H,4-5,7-8H2,1-3H3,(H,14,15,16). The van der Waals surface area contributed by atoms with Crippen molar-refractivity contribution in [1.82, 2.24) is 9.97 Å². The van der Waals surface area contributed by atoms with E-state index in [1.165, 1.54) is 0 Å². The summed E-state index contributed by atoms with van der Waals surface area (Å²) in [6.07, 6.45) is 1.36. The predicted molar refractivity (Wildman–Crippen MR) is 71.8 cm³/mol. The van der Waals surface area contributed by atoms with Crippen molar-refractivity contribution in [3.63, 3.8) is 0 Å². The maximum Gasteiger partial charge on any atom is 0.158 e. The maximum atomic E-state index is 10.2. The molecule has 0 saturated carbocycles. The Morgan fingerprint density at radius 3 is 2.61 bits per heavy atom. The van der Waals surface area contributed by atoms with Gasteiger partial charge >= 0.3 is 0 Å². The van der Waals surface area contributed by atoms with Crippen molar-refractivity contribution in [2.75, 3.05) is 19.0 Å². The minimum atomic E-state index is -0.723. The monoisotopic (exact) mass is 273 g/mol. The molecule has 0 aliphatic rings. The summed E-state index contributed by atoms with van der Waals surface area (Å²) in [5.41, 5.74) is -0.723. The van der Waals surface area contributed by atoms with Gasteiger partial charge in [0.05, 0.1) is 5.60 Å². The first kappa shape index (κ1) is 15.1. The van der Waals surface area contributed by atoms with Gasteiger partial charge in [0.1, 0.15) is 17.6 Å². The summed E-state index contributed by atoms with van der Waals surface area (Å²) in [5.74, 6) is 1.12. The average Bonchev–Trinajstić information content (AvgIpc) is 2.36. The van der Waals surface area contributed by atoms with Crippen molar-refractivity contribution in [3.05, 3.63) is 17.0 Å². The highest BCUT2D eigenvalue weighted by Crippen LogP contribution is 2.17. The highest BCUT2D eigenvalue weighted by atomic mass is 35.5. The van der Waals surface area contributed by atoms with Gasteiger partial charge in [0, 0.05) is 19.7 Å². The van der Waals surface area contributed by atoms with Gasteiger partial charge in [-0.1, -0.05) is 25.4 Å². The van der Waals surface area contributed by atoms with Crippen LogP contribution >= 0.6 is 11.6 Å². The second-order valence-electron chi connectivity index (χ2n) is 4.21. The molecule has 0 atom stereocenters. The van der Waals surface area contributed by atoms with Gasteiger partial charge in [-0.2, -0.15) is 0 Å². The Labute approximate surface area is 113 Å². The van der Waals surface area contributed by atoms with Gasteiger partial charge in [-0.3, -0.25) is 0 Å². The van der Waals surface area contributed by atoms with E-state index in [0.29, 0.717) is 42.8 Å². The van der Waals surface area contributed by atoms with Crippen LogP contribution in [0.15, 0.2) is 6.07 Å². The van der Waals surface area contributed by atoms with E-state index in [0.717, 1.165) is 0 Å². The molecule has 102 valence electrons. The molecule has 0 spiro atoms. The summed E-state index contributed by atoms with van der Waals surface area (Å²) in [5, 5.41) is 13.6. The third kappa shape index (κ3) is 4.40. The molecule has 0 aliphatic heterocycles. The lowest BCUT2D eigenvalue weighted by molar-refractivity contribution is 0.0456. The van der Waals surface area contributed by atoms with E-state index < -0.39 is 5.60 Å². The molecule has 0 bridgehead atoms. The Hall–Kier alpha value is -0.910. The van der Waals surface area contributed by atoms with Crippen LogP contribution in [-0.4, -0.2) is 34.3 Å². The lowest BCUT2D eigenvalue weighted by Crippen LogP contribution is -2.35. The minimum Gasteiger partial charge on any atom is -0.388 e. The Kier molecular flexibility index (Phi) is 5.78. The Morgan fingerprint density at radius 1 is 1.39 bits per heavy atom. The number of anilines is 1. The van der Waals surface area contributed by atoms with Gasteiger partial charge in [0.2, 0.25) is 0 Å². The zero-order valence-corrected chi connectivity index (χ0v) is 11.8. The number of methoxy groups -OCH3 is 1. The SMILES string of the molecule is CCC(O)(CC)CNc1cc(Cl)nc(COC)n1. The number of rotatable bonds is 7. The van der Waals surface area contributed by atoms with Crippen LogP contribution in [0.4, 0.5) is 5.82 Å². The van der Waals surface area contributed by atoms with Crippen LogP contribution < -0.4 is 5.32 Å². The van der Waals surface area contributed by atoms with E-state index in [2.05, 4.69) is 15.3 Å². The molecule has 2 N–H and O–H groups in total. The van der Waals surface area contributed by atoms with Crippen molar-refractivity contribution in [2.24, 2.45) is 0 Å². The number of nitrogens with one attached hydrogen (secondary N) is 1.